The first-order valence-corrected chi connectivity index (χ1v) is 11.5. The Morgan fingerprint density at radius 3 is 2.38 bits per heavy atom. The summed E-state index contributed by atoms with van der Waals surface area (Å²) in [5, 5.41) is 0. The lowest BCUT2D eigenvalue weighted by Crippen LogP contribution is -2.42. The van der Waals surface area contributed by atoms with Gasteiger partial charge in [-0.3, -0.25) is 4.79 Å². The summed E-state index contributed by atoms with van der Waals surface area (Å²) >= 11 is 0. The smallest absolute Gasteiger partial charge is 0.389 e. The number of methoxy groups -OCH3 is 1. The van der Waals surface area contributed by atoms with E-state index in [2.05, 4.69) is 23.5 Å². The second-order valence-corrected chi connectivity index (χ2v) is 8.34. The van der Waals surface area contributed by atoms with Gasteiger partial charge in [0.1, 0.15) is 0 Å². The number of carbonyl (C=O) groups excluding carboxylic acids is 1. The molecule has 1 fully saturated rings. The van der Waals surface area contributed by atoms with Crippen LogP contribution in [0.5, 0.6) is 0 Å². The van der Waals surface area contributed by atoms with Gasteiger partial charge in [0.2, 0.25) is 0 Å². The van der Waals surface area contributed by atoms with Crippen molar-refractivity contribution in [2.45, 2.75) is 77.9 Å². The molecule has 8 heteroatoms. The van der Waals surface area contributed by atoms with E-state index in [1.807, 2.05) is 19.9 Å². The number of esters is 1. The molecule has 0 spiro atoms. The van der Waals surface area contributed by atoms with Gasteiger partial charge in [0.15, 0.2) is 0 Å². The standard InChI is InChI=1S/C22H33F3N2O3.C2H6/c1-15(2)14-27(18-7-10-30-11-8-18)20-5-4-16(12-19(20)26)17(13-21(28)29-3)6-9-22(23,24)25;1-2/h4-5,12,15,17-18H,6-11,13-14,26H2,1-3H3;1-2H3. The Morgan fingerprint density at radius 1 is 1.25 bits per heavy atom. The molecule has 0 amide bonds. The van der Waals surface area contributed by atoms with Crippen molar-refractivity contribution in [2.24, 2.45) is 5.92 Å². The molecule has 2 N–H and O–H groups in total. The minimum absolute atomic E-state index is 0.110. The Kier molecular flexibility index (Phi) is 11.9. The lowest BCUT2D eigenvalue weighted by atomic mass is 9.90. The highest BCUT2D eigenvalue weighted by atomic mass is 19.4. The molecule has 2 rings (SSSR count). The van der Waals surface area contributed by atoms with Crippen molar-refractivity contribution < 1.29 is 27.4 Å². The molecular weight excluding hydrogens is 421 g/mol. The van der Waals surface area contributed by atoms with E-state index in [9.17, 15) is 18.0 Å². The molecule has 0 saturated carbocycles. The van der Waals surface area contributed by atoms with Crippen LogP contribution in [-0.4, -0.2) is 45.1 Å². The number of alkyl halides is 3. The van der Waals surface area contributed by atoms with Crippen molar-refractivity contribution in [3.63, 3.8) is 0 Å². The van der Waals surface area contributed by atoms with Crippen LogP contribution in [0.1, 0.15) is 71.3 Å². The first kappa shape index (κ1) is 28.1. The Labute approximate surface area is 190 Å². The SMILES string of the molecule is CC.COC(=O)CC(CCC(F)(F)F)c1ccc(N(CC(C)C)C2CCOCC2)c(N)c1. The highest BCUT2D eigenvalue weighted by Gasteiger charge is 2.30. The molecule has 1 saturated heterocycles. The fourth-order valence-electron chi connectivity index (χ4n) is 3.93. The minimum Gasteiger partial charge on any atom is -0.469 e. The van der Waals surface area contributed by atoms with Crippen LogP contribution in [0.4, 0.5) is 24.5 Å². The fourth-order valence-corrected chi connectivity index (χ4v) is 3.93. The molecule has 1 aliphatic rings. The summed E-state index contributed by atoms with van der Waals surface area (Å²) in [6, 6.07) is 5.69. The molecule has 0 aliphatic carbocycles. The molecule has 1 aromatic rings. The van der Waals surface area contributed by atoms with Crippen LogP contribution in [0.2, 0.25) is 0 Å². The van der Waals surface area contributed by atoms with Crippen LogP contribution in [0.3, 0.4) is 0 Å². The monoisotopic (exact) mass is 460 g/mol. The molecule has 0 bridgehead atoms. The summed E-state index contributed by atoms with van der Waals surface area (Å²) < 4.78 is 48.5. The molecule has 1 aliphatic heterocycles. The molecule has 32 heavy (non-hydrogen) atoms. The van der Waals surface area contributed by atoms with Gasteiger partial charge in [-0.05, 0) is 48.8 Å². The van der Waals surface area contributed by atoms with Gasteiger partial charge in [-0.15, -0.1) is 0 Å². The number of hydrogen-bond donors (Lipinski definition) is 1. The number of nitrogen functional groups attached to an aromatic ring is 1. The lowest BCUT2D eigenvalue weighted by molar-refractivity contribution is -0.144. The summed E-state index contributed by atoms with van der Waals surface area (Å²) in [6.07, 6.45) is -3.72. The van der Waals surface area contributed by atoms with Crippen LogP contribution >= 0.6 is 0 Å². The molecule has 5 nitrogen and oxygen atoms in total. The van der Waals surface area contributed by atoms with Gasteiger partial charge in [-0.1, -0.05) is 33.8 Å². The van der Waals surface area contributed by atoms with Crippen molar-refractivity contribution in [3.8, 4) is 0 Å². The van der Waals surface area contributed by atoms with Crippen molar-refractivity contribution in [2.75, 3.05) is 37.5 Å². The number of carbonyl (C=O) groups is 1. The van der Waals surface area contributed by atoms with Crippen molar-refractivity contribution in [1.29, 1.82) is 0 Å². The summed E-state index contributed by atoms with van der Waals surface area (Å²) in [5.41, 5.74) is 8.40. The normalized spacial score (nSPS) is 15.7. The predicted octanol–water partition coefficient (Wildman–Crippen LogP) is 5.93. The van der Waals surface area contributed by atoms with Gasteiger partial charge >= 0.3 is 12.1 Å². The highest BCUT2D eigenvalue weighted by Crippen LogP contribution is 2.36. The average molecular weight is 461 g/mol. The number of hydrogen-bond acceptors (Lipinski definition) is 5. The molecule has 1 unspecified atom stereocenters. The maximum absolute atomic E-state index is 12.8. The van der Waals surface area contributed by atoms with Gasteiger partial charge < -0.3 is 20.1 Å². The molecule has 1 atom stereocenters. The predicted molar refractivity (Wildman–Crippen MR) is 123 cm³/mol. The molecule has 1 heterocycles. The summed E-state index contributed by atoms with van der Waals surface area (Å²) in [4.78, 5) is 14.0. The molecule has 0 aromatic heterocycles. The number of nitrogens with two attached hydrogens (primary N) is 1. The third-order valence-corrected chi connectivity index (χ3v) is 5.44. The average Bonchev–Trinajstić information content (AvgIpc) is 2.76. The quantitative estimate of drug-likeness (QED) is 0.366. The van der Waals surface area contributed by atoms with E-state index in [4.69, 9.17) is 10.5 Å². The van der Waals surface area contributed by atoms with Crippen LogP contribution < -0.4 is 10.6 Å². The molecular formula is C24H39F3N2O3. The largest absolute Gasteiger partial charge is 0.469 e. The maximum atomic E-state index is 12.8. The van der Waals surface area contributed by atoms with E-state index in [-0.39, 0.29) is 12.8 Å². The fraction of sp³-hybridized carbons (Fsp3) is 0.708. The highest BCUT2D eigenvalue weighted by molar-refractivity contribution is 5.72. The van der Waals surface area contributed by atoms with E-state index in [0.717, 1.165) is 25.1 Å². The van der Waals surface area contributed by atoms with E-state index < -0.39 is 24.5 Å². The van der Waals surface area contributed by atoms with E-state index >= 15 is 0 Å². The van der Waals surface area contributed by atoms with Gasteiger partial charge in [0.25, 0.3) is 0 Å². The van der Waals surface area contributed by atoms with Gasteiger partial charge in [0, 0.05) is 32.2 Å². The first-order valence-electron chi connectivity index (χ1n) is 11.5. The Balaban J connectivity index is 0.00000249. The maximum Gasteiger partial charge on any atom is 0.389 e. The minimum atomic E-state index is -4.28. The first-order chi connectivity index (χ1) is 15.1. The molecule has 1 aromatic carbocycles. The lowest BCUT2D eigenvalue weighted by Gasteiger charge is -2.38. The van der Waals surface area contributed by atoms with Crippen LogP contribution in [0.15, 0.2) is 18.2 Å². The number of halogens is 3. The second-order valence-electron chi connectivity index (χ2n) is 8.34. The zero-order valence-corrected chi connectivity index (χ0v) is 20.0. The van der Waals surface area contributed by atoms with Crippen molar-refractivity contribution in [1.82, 2.24) is 0 Å². The number of ether oxygens (including phenoxy) is 2. The Hall–Kier alpha value is -1.96. The van der Waals surface area contributed by atoms with E-state index in [1.165, 1.54) is 7.11 Å². The van der Waals surface area contributed by atoms with Gasteiger partial charge in [0.05, 0.1) is 24.9 Å². The number of rotatable bonds is 9. The van der Waals surface area contributed by atoms with E-state index in [1.54, 1.807) is 12.1 Å². The zero-order valence-electron chi connectivity index (χ0n) is 20.0. The summed E-state index contributed by atoms with van der Waals surface area (Å²) in [6.45, 7) is 10.5. The topological polar surface area (TPSA) is 64.8 Å². The summed E-state index contributed by atoms with van der Waals surface area (Å²) in [7, 11) is 1.23. The second kappa shape index (κ2) is 13.6. The van der Waals surface area contributed by atoms with Crippen molar-refractivity contribution >= 4 is 17.3 Å². The van der Waals surface area contributed by atoms with Crippen molar-refractivity contribution in [3.05, 3.63) is 23.8 Å². The Morgan fingerprint density at radius 2 is 1.88 bits per heavy atom. The van der Waals surface area contributed by atoms with Crippen LogP contribution in [-0.2, 0) is 14.3 Å². The van der Waals surface area contributed by atoms with Crippen LogP contribution in [0.25, 0.3) is 0 Å². The zero-order chi connectivity index (χ0) is 24.3. The molecule has 184 valence electrons. The van der Waals surface area contributed by atoms with E-state index in [0.29, 0.717) is 36.4 Å². The number of nitrogens with zero attached hydrogens (tertiary/aromatic N) is 1. The third-order valence-electron chi connectivity index (χ3n) is 5.44. The third kappa shape index (κ3) is 9.27. The van der Waals surface area contributed by atoms with Gasteiger partial charge in [-0.2, -0.15) is 13.2 Å². The number of anilines is 2. The summed E-state index contributed by atoms with van der Waals surface area (Å²) in [5.74, 6) is -0.712. The molecule has 0 radical (unpaired) electrons. The van der Waals surface area contributed by atoms with Crippen LogP contribution in [0, 0.1) is 5.92 Å². The Bertz CT molecular complexity index is 690. The number of benzene rings is 1. The van der Waals surface area contributed by atoms with Gasteiger partial charge in [-0.25, -0.2) is 0 Å².